The highest BCUT2D eigenvalue weighted by Gasteiger charge is 2.44. The molecule has 0 spiro atoms. The molecule has 0 unspecified atom stereocenters. The van der Waals surface area contributed by atoms with Gasteiger partial charge in [-0.05, 0) is 82.1 Å². The molecule has 3 aliphatic heterocycles. The van der Waals surface area contributed by atoms with Crippen molar-refractivity contribution in [1.82, 2.24) is 5.32 Å². The molecule has 4 rings (SSSR count). The van der Waals surface area contributed by atoms with E-state index in [0.717, 1.165) is 44.1 Å². The van der Waals surface area contributed by atoms with E-state index in [-0.39, 0.29) is 42.3 Å². The summed E-state index contributed by atoms with van der Waals surface area (Å²) in [5.74, 6) is 0.909. The Labute approximate surface area is 228 Å². The lowest BCUT2D eigenvalue weighted by molar-refractivity contribution is -0.118. The average molecular weight is 526 g/mol. The van der Waals surface area contributed by atoms with E-state index >= 15 is 0 Å². The van der Waals surface area contributed by atoms with Crippen LogP contribution in [0, 0.1) is 17.8 Å². The van der Waals surface area contributed by atoms with Crippen LogP contribution in [-0.2, 0) is 19.0 Å². The number of nitrogens with one attached hydrogen (secondary N) is 1. The number of carbonyl (C=O) groups excluding carboxylic acids is 1. The van der Waals surface area contributed by atoms with Gasteiger partial charge in [-0.1, -0.05) is 61.1 Å². The molecular formula is C32H47NO5. The molecule has 4 aliphatic rings. The van der Waals surface area contributed by atoms with Gasteiger partial charge in [-0.25, -0.2) is 0 Å². The van der Waals surface area contributed by atoms with Gasteiger partial charge >= 0.3 is 0 Å². The molecule has 38 heavy (non-hydrogen) atoms. The zero-order valence-electron chi connectivity index (χ0n) is 23.4. The maximum absolute atomic E-state index is 13.0. The summed E-state index contributed by atoms with van der Waals surface area (Å²) in [5, 5.41) is 14.2. The largest absolute Gasteiger partial charge is 0.392 e. The minimum atomic E-state index is -0.394. The Morgan fingerprint density at radius 2 is 2.03 bits per heavy atom. The summed E-state index contributed by atoms with van der Waals surface area (Å²) in [6.45, 7) is 9.28. The first kappa shape index (κ1) is 29.0. The molecule has 210 valence electrons. The van der Waals surface area contributed by atoms with Crippen LogP contribution in [0.15, 0.2) is 60.3 Å². The molecular weight excluding hydrogens is 478 g/mol. The van der Waals surface area contributed by atoms with Crippen LogP contribution in [0.25, 0.3) is 0 Å². The predicted octanol–water partition coefficient (Wildman–Crippen LogP) is 5.20. The summed E-state index contributed by atoms with van der Waals surface area (Å²) in [5.41, 5.74) is 2.44. The van der Waals surface area contributed by atoms with Crippen LogP contribution in [-0.4, -0.2) is 61.3 Å². The van der Waals surface area contributed by atoms with Crippen LogP contribution in [0.4, 0.5) is 0 Å². The molecule has 6 heteroatoms. The molecule has 2 bridgehead atoms. The minimum absolute atomic E-state index is 0.0143. The maximum atomic E-state index is 13.0. The van der Waals surface area contributed by atoms with Crippen molar-refractivity contribution < 1.29 is 24.1 Å². The van der Waals surface area contributed by atoms with Gasteiger partial charge in [0.05, 0.1) is 43.2 Å². The van der Waals surface area contributed by atoms with Crippen LogP contribution in [0.2, 0.25) is 0 Å². The summed E-state index contributed by atoms with van der Waals surface area (Å²) in [6.07, 6.45) is 20.2. The van der Waals surface area contributed by atoms with Crippen molar-refractivity contribution in [2.75, 3.05) is 13.7 Å². The van der Waals surface area contributed by atoms with E-state index in [1.807, 2.05) is 12.2 Å². The molecule has 1 aliphatic carbocycles. The molecule has 1 fully saturated rings. The molecule has 6 nitrogen and oxygen atoms in total. The molecule has 0 aromatic heterocycles. The van der Waals surface area contributed by atoms with Gasteiger partial charge in [0.1, 0.15) is 0 Å². The lowest BCUT2D eigenvalue weighted by Crippen LogP contribution is -2.43. The van der Waals surface area contributed by atoms with E-state index in [1.54, 1.807) is 13.2 Å². The topological polar surface area (TPSA) is 77.0 Å². The lowest BCUT2D eigenvalue weighted by Gasteiger charge is -2.28. The first-order valence-electron chi connectivity index (χ1n) is 14.4. The Morgan fingerprint density at radius 3 is 2.82 bits per heavy atom. The summed E-state index contributed by atoms with van der Waals surface area (Å²) < 4.78 is 18.0. The monoisotopic (exact) mass is 525 g/mol. The van der Waals surface area contributed by atoms with Crippen LogP contribution < -0.4 is 5.32 Å². The van der Waals surface area contributed by atoms with Crippen LogP contribution in [0.3, 0.4) is 0 Å². The predicted molar refractivity (Wildman–Crippen MR) is 151 cm³/mol. The fraction of sp³-hybridized carbons (Fsp3) is 0.656. The van der Waals surface area contributed by atoms with E-state index in [0.29, 0.717) is 31.3 Å². The average Bonchev–Trinajstić information content (AvgIpc) is 3.63. The van der Waals surface area contributed by atoms with Gasteiger partial charge in [-0.2, -0.15) is 0 Å². The number of rotatable bonds is 4. The second-order valence-electron chi connectivity index (χ2n) is 11.9. The molecule has 3 heterocycles. The number of aliphatic hydroxyl groups excluding tert-OH is 1. The second kappa shape index (κ2) is 13.9. The quantitative estimate of drug-likeness (QED) is 0.494. The van der Waals surface area contributed by atoms with E-state index in [1.165, 1.54) is 5.57 Å². The number of hydrogen-bond donors (Lipinski definition) is 2. The fourth-order valence-corrected chi connectivity index (χ4v) is 6.23. The lowest BCUT2D eigenvalue weighted by atomic mass is 9.90. The third-order valence-electron chi connectivity index (χ3n) is 8.36. The SMILES string of the molecule is C=C1C[C@H](C)C[C@@H]2CC=C[C@@H](C/C=C\C(=O)N[C@H]([C@H](/C=C/[C@@H]3CC(C)=CCO3)OC)C[C@@H]3C[C@H]3[C@@H](O)C1)O2. The molecule has 0 aromatic carbocycles. The Bertz CT molecular complexity index is 936. The van der Waals surface area contributed by atoms with Crippen LogP contribution >= 0.6 is 0 Å². The van der Waals surface area contributed by atoms with Gasteiger partial charge in [0.25, 0.3) is 0 Å². The number of fused-ring (bicyclic) bond motifs is 3. The van der Waals surface area contributed by atoms with Gasteiger partial charge in [-0.15, -0.1) is 0 Å². The molecule has 9 atom stereocenters. The molecule has 1 saturated carbocycles. The summed E-state index contributed by atoms with van der Waals surface area (Å²) in [7, 11) is 1.68. The number of amides is 1. The number of hydrogen-bond acceptors (Lipinski definition) is 5. The molecule has 0 aromatic rings. The fourth-order valence-electron chi connectivity index (χ4n) is 6.23. The number of methoxy groups -OCH3 is 1. The third kappa shape index (κ3) is 8.77. The highest BCUT2D eigenvalue weighted by Crippen LogP contribution is 2.46. The Hall–Kier alpha value is -1.99. The minimum Gasteiger partial charge on any atom is -0.392 e. The van der Waals surface area contributed by atoms with Crippen molar-refractivity contribution in [2.45, 2.75) is 102 Å². The second-order valence-corrected chi connectivity index (χ2v) is 11.9. The summed E-state index contributed by atoms with van der Waals surface area (Å²) in [4.78, 5) is 13.0. The van der Waals surface area contributed by atoms with Crippen LogP contribution in [0.5, 0.6) is 0 Å². The van der Waals surface area contributed by atoms with Crippen molar-refractivity contribution in [3.63, 3.8) is 0 Å². The Balaban J connectivity index is 1.47. The van der Waals surface area contributed by atoms with Crippen molar-refractivity contribution in [2.24, 2.45) is 17.8 Å². The van der Waals surface area contributed by atoms with Crippen molar-refractivity contribution in [3.8, 4) is 0 Å². The highest BCUT2D eigenvalue weighted by molar-refractivity contribution is 5.87. The number of ether oxygens (including phenoxy) is 3. The highest BCUT2D eigenvalue weighted by atomic mass is 16.5. The van der Waals surface area contributed by atoms with Crippen molar-refractivity contribution in [3.05, 3.63) is 60.3 Å². The van der Waals surface area contributed by atoms with E-state index in [4.69, 9.17) is 14.2 Å². The molecule has 0 saturated heterocycles. The van der Waals surface area contributed by atoms with Gasteiger partial charge in [-0.3, -0.25) is 4.79 Å². The normalized spacial score (nSPS) is 38.9. The van der Waals surface area contributed by atoms with E-state index < -0.39 is 6.10 Å². The number of aliphatic hydroxyl groups is 1. The van der Waals surface area contributed by atoms with Crippen LogP contribution in [0.1, 0.15) is 65.2 Å². The molecule has 1 amide bonds. The Morgan fingerprint density at radius 1 is 1.18 bits per heavy atom. The Kier molecular flexibility index (Phi) is 10.6. The maximum Gasteiger partial charge on any atom is 0.243 e. The zero-order chi connectivity index (χ0) is 27.1. The summed E-state index contributed by atoms with van der Waals surface area (Å²) >= 11 is 0. The van der Waals surface area contributed by atoms with Gasteiger partial charge in [0.15, 0.2) is 0 Å². The molecule has 2 N–H and O–H groups in total. The first-order valence-corrected chi connectivity index (χ1v) is 14.4. The number of carbonyl (C=O) groups is 1. The van der Waals surface area contributed by atoms with Gasteiger partial charge < -0.3 is 24.6 Å². The standard InChI is InChI=1S/C32H47NO5/c1-21-13-14-37-26(16-21)11-12-31(36-4)29-20-24-19-28(24)30(34)18-23(3)15-22(2)17-27-9-5-7-25(38-27)8-6-10-32(35)33-29/h5-7,10-13,22,24-31,34H,3,8-9,14-20H2,1-2,4H3,(H,33,35)/b10-6-,12-11+/t22-,24-,25-,26+,27-,28+,29-,30-,31-/m0/s1. The molecule has 0 radical (unpaired) electrons. The van der Waals surface area contributed by atoms with Crippen molar-refractivity contribution >= 4 is 5.91 Å². The summed E-state index contributed by atoms with van der Waals surface area (Å²) in [6, 6.07) is -0.201. The van der Waals surface area contributed by atoms with Gasteiger partial charge in [0, 0.05) is 7.11 Å². The first-order chi connectivity index (χ1) is 18.3. The zero-order valence-corrected chi connectivity index (χ0v) is 23.4. The van der Waals surface area contributed by atoms with Gasteiger partial charge in [0.2, 0.25) is 5.91 Å². The smallest absolute Gasteiger partial charge is 0.243 e. The van der Waals surface area contributed by atoms with Crippen molar-refractivity contribution in [1.29, 1.82) is 0 Å². The van der Waals surface area contributed by atoms with E-state index in [2.05, 4.69) is 50.0 Å². The van der Waals surface area contributed by atoms with E-state index in [9.17, 15) is 9.90 Å². The third-order valence-corrected chi connectivity index (χ3v) is 8.36.